The summed E-state index contributed by atoms with van der Waals surface area (Å²) in [6.45, 7) is 0.771. The minimum Gasteiger partial charge on any atom is -0.378 e. The number of hydrogen-bond acceptors (Lipinski definition) is 3. The van der Waals surface area contributed by atoms with Gasteiger partial charge < -0.3 is 5.32 Å². The second-order valence-corrected chi connectivity index (χ2v) is 2.70. The first-order valence-electron chi connectivity index (χ1n) is 4.07. The van der Waals surface area contributed by atoms with Crippen molar-refractivity contribution < 1.29 is 0 Å². The van der Waals surface area contributed by atoms with Crippen LogP contribution in [-0.2, 0) is 6.54 Å². The number of aromatic nitrogens is 3. The molecule has 0 aliphatic heterocycles. The van der Waals surface area contributed by atoms with E-state index in [1.54, 1.807) is 12.4 Å². The average Bonchev–Trinajstić information content (AvgIpc) is 2.69. The lowest BCUT2D eigenvalue weighted by Gasteiger charge is -2.01. The third-order valence-corrected chi connectivity index (χ3v) is 1.72. The van der Waals surface area contributed by atoms with Gasteiger partial charge in [0.05, 0.1) is 11.9 Å². The van der Waals surface area contributed by atoms with Crippen LogP contribution in [0.25, 0.3) is 0 Å². The number of aromatic amines is 1. The van der Waals surface area contributed by atoms with E-state index < -0.39 is 0 Å². The maximum absolute atomic E-state index is 4.02. The zero-order valence-electron chi connectivity index (χ0n) is 7.07. The number of rotatable bonds is 3. The molecule has 0 spiro atoms. The van der Waals surface area contributed by atoms with Gasteiger partial charge in [-0.2, -0.15) is 5.10 Å². The van der Waals surface area contributed by atoms with Gasteiger partial charge in [-0.05, 0) is 11.6 Å². The van der Waals surface area contributed by atoms with Crippen molar-refractivity contribution in [1.29, 1.82) is 0 Å². The highest BCUT2D eigenvalue weighted by atomic mass is 15.1. The predicted molar refractivity (Wildman–Crippen MR) is 50.2 cm³/mol. The van der Waals surface area contributed by atoms with Gasteiger partial charge in [0.1, 0.15) is 0 Å². The number of nitrogens with one attached hydrogen (secondary N) is 2. The molecule has 13 heavy (non-hydrogen) atoms. The fourth-order valence-corrected chi connectivity index (χ4v) is 1.05. The van der Waals surface area contributed by atoms with E-state index in [0.717, 1.165) is 17.8 Å². The van der Waals surface area contributed by atoms with Gasteiger partial charge in [-0.1, -0.05) is 6.07 Å². The third kappa shape index (κ3) is 2.05. The van der Waals surface area contributed by atoms with Crippen molar-refractivity contribution in [3.8, 4) is 0 Å². The molecule has 0 aliphatic carbocycles. The molecule has 0 fully saturated rings. The molecular weight excluding hydrogens is 164 g/mol. The lowest BCUT2D eigenvalue weighted by atomic mass is 10.3. The number of pyridine rings is 1. The van der Waals surface area contributed by atoms with Gasteiger partial charge in [-0.3, -0.25) is 10.1 Å². The smallest absolute Gasteiger partial charge is 0.0726 e. The molecule has 66 valence electrons. The van der Waals surface area contributed by atoms with Crippen LogP contribution in [0.1, 0.15) is 5.56 Å². The molecule has 2 rings (SSSR count). The maximum atomic E-state index is 4.02. The van der Waals surface area contributed by atoms with Crippen LogP contribution >= 0.6 is 0 Å². The molecule has 4 nitrogen and oxygen atoms in total. The Hall–Kier alpha value is -1.84. The summed E-state index contributed by atoms with van der Waals surface area (Å²) in [5, 5.41) is 9.78. The number of hydrogen-bond donors (Lipinski definition) is 2. The van der Waals surface area contributed by atoms with Gasteiger partial charge in [-0.15, -0.1) is 0 Å². The Morgan fingerprint density at radius 3 is 3.08 bits per heavy atom. The van der Waals surface area contributed by atoms with Crippen molar-refractivity contribution in [3.05, 3.63) is 42.5 Å². The van der Waals surface area contributed by atoms with E-state index in [-0.39, 0.29) is 0 Å². The molecule has 2 N–H and O–H groups in total. The molecule has 0 radical (unpaired) electrons. The Labute approximate surface area is 76.0 Å². The lowest BCUT2D eigenvalue weighted by molar-refractivity contribution is 1.09. The molecule has 0 bridgehead atoms. The Morgan fingerprint density at radius 2 is 2.38 bits per heavy atom. The van der Waals surface area contributed by atoms with Crippen LogP contribution in [0.3, 0.4) is 0 Å². The van der Waals surface area contributed by atoms with Crippen LogP contribution in [0.4, 0.5) is 5.69 Å². The van der Waals surface area contributed by atoms with E-state index in [9.17, 15) is 0 Å². The van der Waals surface area contributed by atoms with E-state index in [0.29, 0.717) is 0 Å². The molecule has 0 atom stereocenters. The quantitative estimate of drug-likeness (QED) is 0.739. The van der Waals surface area contributed by atoms with Crippen LogP contribution in [0.5, 0.6) is 0 Å². The standard InChI is InChI=1S/C9H10N4/c1-2-8(4-10-3-1)5-11-9-6-12-13-7-9/h1-4,6-7,11H,5H2,(H,12,13). The van der Waals surface area contributed by atoms with Crippen LogP contribution < -0.4 is 5.32 Å². The van der Waals surface area contributed by atoms with Crippen LogP contribution in [-0.4, -0.2) is 15.2 Å². The Bertz CT molecular complexity index is 341. The van der Waals surface area contributed by atoms with Gasteiger partial charge in [-0.25, -0.2) is 0 Å². The zero-order valence-corrected chi connectivity index (χ0v) is 7.07. The zero-order chi connectivity index (χ0) is 8.93. The third-order valence-electron chi connectivity index (χ3n) is 1.72. The van der Waals surface area contributed by atoms with Gasteiger partial charge in [0.25, 0.3) is 0 Å². The number of nitrogens with zero attached hydrogens (tertiary/aromatic N) is 2. The molecule has 4 heteroatoms. The number of anilines is 1. The molecule has 2 aromatic rings. The van der Waals surface area contributed by atoms with Crippen molar-refractivity contribution in [2.45, 2.75) is 6.54 Å². The molecule has 0 saturated heterocycles. The lowest BCUT2D eigenvalue weighted by Crippen LogP contribution is -1.98. The van der Waals surface area contributed by atoms with Crippen molar-refractivity contribution >= 4 is 5.69 Å². The predicted octanol–water partition coefficient (Wildman–Crippen LogP) is 1.42. The number of H-pyrrole nitrogens is 1. The average molecular weight is 174 g/mol. The molecule has 0 aliphatic rings. The Kier molecular flexibility index (Phi) is 2.22. The van der Waals surface area contributed by atoms with Gasteiger partial charge in [0.2, 0.25) is 0 Å². The first-order valence-corrected chi connectivity index (χ1v) is 4.07. The highest BCUT2D eigenvalue weighted by Crippen LogP contribution is 2.04. The summed E-state index contributed by atoms with van der Waals surface area (Å²) in [7, 11) is 0. The highest BCUT2D eigenvalue weighted by molar-refractivity contribution is 5.38. The molecule has 0 saturated carbocycles. The second-order valence-electron chi connectivity index (χ2n) is 2.70. The molecule has 0 amide bonds. The molecule has 0 aromatic carbocycles. The van der Waals surface area contributed by atoms with E-state index >= 15 is 0 Å². The minimum atomic E-state index is 0.771. The second kappa shape index (κ2) is 3.71. The van der Waals surface area contributed by atoms with Crippen LogP contribution in [0, 0.1) is 0 Å². The largest absolute Gasteiger partial charge is 0.378 e. The van der Waals surface area contributed by atoms with E-state index in [4.69, 9.17) is 0 Å². The summed E-state index contributed by atoms with van der Waals surface area (Å²) >= 11 is 0. The van der Waals surface area contributed by atoms with Crippen LogP contribution in [0.2, 0.25) is 0 Å². The minimum absolute atomic E-state index is 0.771. The first kappa shape index (κ1) is 7.79. The topological polar surface area (TPSA) is 53.6 Å². The normalized spacial score (nSPS) is 9.85. The van der Waals surface area contributed by atoms with Crippen LogP contribution in [0.15, 0.2) is 36.9 Å². The fraction of sp³-hybridized carbons (Fsp3) is 0.111. The van der Waals surface area contributed by atoms with Crippen molar-refractivity contribution in [2.75, 3.05) is 5.32 Å². The van der Waals surface area contributed by atoms with Crippen molar-refractivity contribution in [3.63, 3.8) is 0 Å². The molecular formula is C9H10N4. The van der Waals surface area contributed by atoms with Gasteiger partial charge >= 0.3 is 0 Å². The molecule has 2 aromatic heterocycles. The van der Waals surface area contributed by atoms with E-state index in [1.807, 2.05) is 24.5 Å². The summed E-state index contributed by atoms with van der Waals surface area (Å²) in [4.78, 5) is 4.02. The van der Waals surface area contributed by atoms with E-state index in [1.165, 1.54) is 0 Å². The summed E-state index contributed by atoms with van der Waals surface area (Å²) < 4.78 is 0. The molecule has 0 unspecified atom stereocenters. The highest BCUT2D eigenvalue weighted by Gasteiger charge is 1.93. The monoisotopic (exact) mass is 174 g/mol. The molecule has 2 heterocycles. The first-order chi connectivity index (χ1) is 6.45. The summed E-state index contributed by atoms with van der Waals surface area (Å²) in [5.41, 5.74) is 2.15. The maximum Gasteiger partial charge on any atom is 0.0726 e. The van der Waals surface area contributed by atoms with Crippen molar-refractivity contribution in [2.24, 2.45) is 0 Å². The summed E-state index contributed by atoms with van der Waals surface area (Å²) in [6, 6.07) is 3.95. The Morgan fingerprint density at radius 1 is 1.38 bits per heavy atom. The van der Waals surface area contributed by atoms with Crippen molar-refractivity contribution in [1.82, 2.24) is 15.2 Å². The van der Waals surface area contributed by atoms with Gasteiger partial charge in [0.15, 0.2) is 0 Å². The van der Waals surface area contributed by atoms with Gasteiger partial charge in [0, 0.05) is 25.1 Å². The van der Waals surface area contributed by atoms with E-state index in [2.05, 4.69) is 20.5 Å². The SMILES string of the molecule is c1cncc(CNc2cn[nH]c2)c1. The Balaban J connectivity index is 1.94. The summed E-state index contributed by atoms with van der Waals surface area (Å²) in [5.74, 6) is 0. The summed E-state index contributed by atoms with van der Waals surface area (Å²) in [6.07, 6.45) is 7.17. The fourth-order valence-electron chi connectivity index (χ4n) is 1.05.